The van der Waals surface area contributed by atoms with Crippen molar-refractivity contribution in [2.75, 3.05) is 0 Å². The zero-order chi connectivity index (χ0) is 38.9. The number of fused-ring (bicyclic) bond motifs is 7. The van der Waals surface area contributed by atoms with Crippen LogP contribution in [0.15, 0.2) is 206 Å². The Kier molecular flexibility index (Phi) is 7.50. The second kappa shape index (κ2) is 13.3. The number of hydrogen-bond donors (Lipinski definition) is 0. The van der Waals surface area contributed by atoms with Crippen molar-refractivity contribution in [1.29, 1.82) is 0 Å². The lowest BCUT2D eigenvalue weighted by Gasteiger charge is -2.20. The Morgan fingerprint density at radius 1 is 0.271 bits per heavy atom. The van der Waals surface area contributed by atoms with Crippen LogP contribution >= 0.6 is 0 Å². The third kappa shape index (κ3) is 5.49. The number of nitrogens with zero attached hydrogens (tertiary/aromatic N) is 4. The first-order valence-electron chi connectivity index (χ1n) is 20.0. The van der Waals surface area contributed by atoms with E-state index in [1.165, 1.54) is 32.3 Å². The van der Waals surface area contributed by atoms with E-state index in [9.17, 15) is 0 Å². The zero-order valence-electron chi connectivity index (χ0n) is 31.9. The van der Waals surface area contributed by atoms with E-state index in [4.69, 9.17) is 15.0 Å². The van der Waals surface area contributed by atoms with Gasteiger partial charge in [-0.15, -0.1) is 0 Å². The summed E-state index contributed by atoms with van der Waals surface area (Å²) >= 11 is 0. The van der Waals surface area contributed by atoms with Gasteiger partial charge >= 0.3 is 0 Å². The molecular weight excluding hydrogens is 717 g/mol. The molecule has 0 amide bonds. The van der Waals surface area contributed by atoms with Gasteiger partial charge in [-0.3, -0.25) is 0 Å². The summed E-state index contributed by atoms with van der Waals surface area (Å²) in [4.78, 5) is 15.9. The normalized spacial score (nSPS) is 11.7. The number of aromatic nitrogens is 4. The molecule has 4 nitrogen and oxygen atoms in total. The largest absolute Gasteiger partial charge is 0.308 e. The molecule has 0 aliphatic heterocycles. The molecule has 0 bridgehead atoms. The number of benzene rings is 10. The molecule has 59 heavy (non-hydrogen) atoms. The second-order valence-corrected chi connectivity index (χ2v) is 15.2. The number of rotatable bonds is 5. The van der Waals surface area contributed by atoms with Gasteiger partial charge in [0.05, 0.1) is 16.7 Å². The van der Waals surface area contributed by atoms with Crippen LogP contribution in [0, 0.1) is 0 Å². The molecule has 4 heteroatoms. The molecular formula is C55H34N4. The van der Waals surface area contributed by atoms with Crippen molar-refractivity contribution in [3.05, 3.63) is 206 Å². The fourth-order valence-corrected chi connectivity index (χ4v) is 8.93. The molecule has 10 aromatic carbocycles. The molecule has 2 heterocycles. The summed E-state index contributed by atoms with van der Waals surface area (Å²) in [6.07, 6.45) is 0. The summed E-state index contributed by atoms with van der Waals surface area (Å²) in [5.41, 5.74) is 8.47. The van der Waals surface area contributed by atoms with E-state index in [-0.39, 0.29) is 0 Å². The summed E-state index contributed by atoms with van der Waals surface area (Å²) in [7, 11) is 0. The van der Waals surface area contributed by atoms with Gasteiger partial charge in [-0.25, -0.2) is 15.0 Å². The van der Waals surface area contributed by atoms with E-state index in [1.807, 2.05) is 0 Å². The standard InChI is InChI=1S/C55H34N4/c1-2-16-37(17-3-1)47-34-49(44-22-10-11-24-46(44)52(47)59-50-25-13-12-23-45(50)48-32-40-20-8-9-21-41(40)33-51(48)59)55-57-53(42-28-26-35-14-4-6-18-38(35)30-42)56-54(58-55)43-29-27-36-15-5-7-19-39(36)31-43/h1-34H. The molecule has 0 radical (unpaired) electrons. The van der Waals surface area contributed by atoms with Gasteiger partial charge in [-0.05, 0) is 79.7 Å². The van der Waals surface area contributed by atoms with Crippen molar-refractivity contribution in [3.8, 4) is 51.0 Å². The molecule has 274 valence electrons. The van der Waals surface area contributed by atoms with E-state index in [0.29, 0.717) is 17.5 Å². The van der Waals surface area contributed by atoms with Gasteiger partial charge in [0.25, 0.3) is 0 Å². The third-order valence-corrected chi connectivity index (χ3v) is 11.8. The summed E-state index contributed by atoms with van der Waals surface area (Å²) in [5, 5.41) is 11.7. The van der Waals surface area contributed by atoms with Crippen LogP contribution < -0.4 is 0 Å². The first kappa shape index (κ1) is 33.2. The molecule has 0 aliphatic carbocycles. The minimum absolute atomic E-state index is 0.625. The van der Waals surface area contributed by atoms with Gasteiger partial charge in [-0.1, -0.05) is 170 Å². The third-order valence-electron chi connectivity index (χ3n) is 11.8. The topological polar surface area (TPSA) is 43.6 Å². The van der Waals surface area contributed by atoms with Crippen molar-refractivity contribution in [1.82, 2.24) is 19.5 Å². The van der Waals surface area contributed by atoms with Crippen LogP contribution in [0.1, 0.15) is 0 Å². The monoisotopic (exact) mass is 750 g/mol. The number of para-hydroxylation sites is 1. The average Bonchev–Trinajstić information content (AvgIpc) is 3.62. The highest BCUT2D eigenvalue weighted by molar-refractivity contribution is 6.16. The van der Waals surface area contributed by atoms with Crippen molar-refractivity contribution >= 4 is 64.9 Å². The fourth-order valence-electron chi connectivity index (χ4n) is 8.93. The Bertz CT molecular complexity index is 3520. The predicted octanol–water partition coefficient (Wildman–Crippen LogP) is 14.2. The average molecular weight is 751 g/mol. The van der Waals surface area contributed by atoms with Crippen molar-refractivity contribution < 1.29 is 0 Å². The lowest BCUT2D eigenvalue weighted by atomic mass is 9.93. The highest BCUT2D eigenvalue weighted by atomic mass is 15.0. The Balaban J connectivity index is 1.18. The molecule has 0 spiro atoms. The van der Waals surface area contributed by atoms with Gasteiger partial charge in [0.15, 0.2) is 17.5 Å². The molecule has 0 saturated carbocycles. The summed E-state index contributed by atoms with van der Waals surface area (Å²) in [6, 6.07) is 73.6. The van der Waals surface area contributed by atoms with Crippen LogP contribution in [-0.2, 0) is 0 Å². The van der Waals surface area contributed by atoms with E-state index in [1.54, 1.807) is 0 Å². The minimum atomic E-state index is 0.625. The molecule has 2 aromatic heterocycles. The van der Waals surface area contributed by atoms with Crippen molar-refractivity contribution in [3.63, 3.8) is 0 Å². The Morgan fingerprint density at radius 3 is 1.41 bits per heavy atom. The highest BCUT2D eigenvalue weighted by Crippen LogP contribution is 2.44. The van der Waals surface area contributed by atoms with Gasteiger partial charge in [0.2, 0.25) is 0 Å². The first-order valence-corrected chi connectivity index (χ1v) is 20.0. The summed E-state index contributed by atoms with van der Waals surface area (Å²) in [5.74, 6) is 1.89. The Labute approximate surface area is 340 Å². The summed E-state index contributed by atoms with van der Waals surface area (Å²) in [6.45, 7) is 0. The minimum Gasteiger partial charge on any atom is -0.308 e. The molecule has 0 saturated heterocycles. The molecule has 0 fully saturated rings. The Morgan fingerprint density at radius 2 is 0.763 bits per heavy atom. The van der Waals surface area contributed by atoms with Crippen LogP contribution in [0.4, 0.5) is 0 Å². The summed E-state index contributed by atoms with van der Waals surface area (Å²) < 4.78 is 2.47. The molecule has 12 rings (SSSR count). The van der Waals surface area contributed by atoms with E-state index in [2.05, 4.69) is 211 Å². The maximum Gasteiger partial charge on any atom is 0.164 e. The van der Waals surface area contributed by atoms with E-state index < -0.39 is 0 Å². The smallest absolute Gasteiger partial charge is 0.164 e. The lowest BCUT2D eigenvalue weighted by Crippen LogP contribution is -2.03. The van der Waals surface area contributed by atoms with Gasteiger partial charge < -0.3 is 4.57 Å². The van der Waals surface area contributed by atoms with Crippen LogP contribution in [0.2, 0.25) is 0 Å². The lowest BCUT2D eigenvalue weighted by molar-refractivity contribution is 1.08. The Hall–Kier alpha value is -7.95. The first-order chi connectivity index (χ1) is 29.2. The fraction of sp³-hybridized carbons (Fsp3) is 0. The van der Waals surface area contributed by atoms with E-state index >= 15 is 0 Å². The van der Waals surface area contributed by atoms with Gasteiger partial charge in [0.1, 0.15) is 0 Å². The van der Waals surface area contributed by atoms with Gasteiger partial charge in [-0.2, -0.15) is 0 Å². The van der Waals surface area contributed by atoms with Crippen molar-refractivity contribution in [2.24, 2.45) is 0 Å². The van der Waals surface area contributed by atoms with Gasteiger partial charge in [0, 0.05) is 38.4 Å². The van der Waals surface area contributed by atoms with Crippen LogP contribution in [-0.4, -0.2) is 19.5 Å². The quantitative estimate of drug-likeness (QED) is 0.176. The predicted molar refractivity (Wildman–Crippen MR) is 246 cm³/mol. The van der Waals surface area contributed by atoms with Crippen molar-refractivity contribution in [2.45, 2.75) is 0 Å². The van der Waals surface area contributed by atoms with Crippen LogP contribution in [0.25, 0.3) is 116 Å². The molecule has 12 aromatic rings. The van der Waals surface area contributed by atoms with Crippen LogP contribution in [0.5, 0.6) is 0 Å². The molecule has 0 N–H and O–H groups in total. The number of hydrogen-bond acceptors (Lipinski definition) is 3. The maximum absolute atomic E-state index is 5.35. The molecule has 0 unspecified atom stereocenters. The molecule has 0 aliphatic rings. The second-order valence-electron chi connectivity index (χ2n) is 15.2. The molecule has 0 atom stereocenters. The van der Waals surface area contributed by atoms with E-state index in [0.717, 1.165) is 66.1 Å². The SMILES string of the molecule is c1ccc(-c2cc(-c3nc(-c4ccc5ccccc5c4)nc(-c4ccc5ccccc5c4)n3)c3ccccc3c2-n2c3ccccc3c3cc4ccccc4cc32)cc1. The highest BCUT2D eigenvalue weighted by Gasteiger charge is 2.23. The van der Waals surface area contributed by atoms with Crippen LogP contribution in [0.3, 0.4) is 0 Å². The maximum atomic E-state index is 5.35. The zero-order valence-corrected chi connectivity index (χ0v) is 31.9.